The van der Waals surface area contributed by atoms with Gasteiger partial charge < -0.3 is 0 Å². The van der Waals surface area contributed by atoms with Crippen LogP contribution < -0.4 is 0 Å². The minimum absolute atomic E-state index is 0.539. The molecular formula is C13H7Cl2N. The molecule has 0 unspecified atom stereocenters. The van der Waals surface area contributed by atoms with Crippen molar-refractivity contribution in [2.75, 3.05) is 0 Å². The molecule has 2 aromatic carbocycles. The average molecular weight is 248 g/mol. The lowest BCUT2D eigenvalue weighted by molar-refractivity contribution is 1.44. The summed E-state index contributed by atoms with van der Waals surface area (Å²) >= 11 is 12.0. The zero-order valence-corrected chi connectivity index (χ0v) is 9.76. The Morgan fingerprint density at radius 1 is 0.875 bits per heavy atom. The molecule has 0 saturated carbocycles. The third-order valence-electron chi connectivity index (χ3n) is 2.63. The molecule has 0 fully saturated rings. The van der Waals surface area contributed by atoms with Gasteiger partial charge in [0.25, 0.3) is 0 Å². The summed E-state index contributed by atoms with van der Waals surface area (Å²) in [5.74, 6) is 0. The number of hydrogen-bond donors (Lipinski definition) is 0. The van der Waals surface area contributed by atoms with E-state index in [0.29, 0.717) is 10.0 Å². The largest absolute Gasteiger partial charge is 0.256 e. The van der Waals surface area contributed by atoms with Gasteiger partial charge in [-0.05, 0) is 17.5 Å². The van der Waals surface area contributed by atoms with Gasteiger partial charge >= 0.3 is 0 Å². The van der Waals surface area contributed by atoms with Crippen LogP contribution in [-0.4, -0.2) is 4.98 Å². The molecule has 0 bridgehead atoms. The zero-order valence-electron chi connectivity index (χ0n) is 8.24. The summed E-state index contributed by atoms with van der Waals surface area (Å²) in [4.78, 5) is 4.37. The quantitative estimate of drug-likeness (QED) is 0.525. The van der Waals surface area contributed by atoms with Crippen molar-refractivity contribution in [2.24, 2.45) is 0 Å². The number of aromatic nitrogens is 1. The number of nitrogens with zero attached hydrogens (tertiary/aromatic N) is 1. The van der Waals surface area contributed by atoms with Crippen LogP contribution >= 0.6 is 23.2 Å². The molecule has 1 aromatic heterocycles. The van der Waals surface area contributed by atoms with E-state index in [1.54, 1.807) is 6.07 Å². The first-order valence-corrected chi connectivity index (χ1v) is 5.64. The number of hydrogen-bond acceptors (Lipinski definition) is 1. The predicted molar refractivity (Wildman–Crippen MR) is 69.3 cm³/mol. The van der Waals surface area contributed by atoms with Gasteiger partial charge in [0.05, 0.1) is 15.6 Å². The Hall–Kier alpha value is -1.31. The van der Waals surface area contributed by atoms with E-state index >= 15 is 0 Å². The lowest BCUT2D eigenvalue weighted by atomic mass is 10.1. The van der Waals surface area contributed by atoms with Crippen molar-refractivity contribution >= 4 is 44.9 Å². The highest BCUT2D eigenvalue weighted by Gasteiger charge is 2.05. The molecule has 78 valence electrons. The Kier molecular flexibility index (Phi) is 2.23. The van der Waals surface area contributed by atoms with Gasteiger partial charge in [-0.1, -0.05) is 47.5 Å². The maximum absolute atomic E-state index is 6.03. The normalized spacial score (nSPS) is 11.1. The Labute approximate surface area is 103 Å². The van der Waals surface area contributed by atoms with Crippen LogP contribution in [0.15, 0.2) is 42.6 Å². The van der Waals surface area contributed by atoms with Gasteiger partial charge in [-0.3, -0.25) is 4.98 Å². The first-order valence-electron chi connectivity index (χ1n) is 4.88. The van der Waals surface area contributed by atoms with Gasteiger partial charge in [0, 0.05) is 17.0 Å². The molecule has 16 heavy (non-hydrogen) atoms. The second kappa shape index (κ2) is 3.62. The topological polar surface area (TPSA) is 12.9 Å². The molecule has 0 saturated heterocycles. The maximum atomic E-state index is 6.03. The maximum Gasteiger partial charge on any atom is 0.0724 e. The Balaban J connectivity index is 2.55. The monoisotopic (exact) mass is 247 g/mol. The number of rotatable bonds is 0. The van der Waals surface area contributed by atoms with Crippen LogP contribution in [0.25, 0.3) is 21.7 Å². The number of benzene rings is 2. The van der Waals surface area contributed by atoms with Crippen molar-refractivity contribution in [2.45, 2.75) is 0 Å². The molecule has 3 aromatic rings. The van der Waals surface area contributed by atoms with E-state index in [1.807, 2.05) is 30.5 Å². The Morgan fingerprint density at radius 2 is 1.62 bits per heavy atom. The van der Waals surface area contributed by atoms with Crippen molar-refractivity contribution in [3.63, 3.8) is 0 Å². The van der Waals surface area contributed by atoms with E-state index in [0.717, 1.165) is 21.7 Å². The van der Waals surface area contributed by atoms with Crippen molar-refractivity contribution in [3.8, 4) is 0 Å². The summed E-state index contributed by atoms with van der Waals surface area (Å²) in [5.41, 5.74) is 0.869. The molecule has 3 heteroatoms. The predicted octanol–water partition coefficient (Wildman–Crippen LogP) is 4.69. The van der Waals surface area contributed by atoms with Gasteiger partial charge in [0.1, 0.15) is 0 Å². The summed E-state index contributed by atoms with van der Waals surface area (Å²) < 4.78 is 0. The average Bonchev–Trinajstić information content (AvgIpc) is 2.31. The van der Waals surface area contributed by atoms with Crippen LogP contribution in [-0.2, 0) is 0 Å². The van der Waals surface area contributed by atoms with Crippen LogP contribution in [0.4, 0.5) is 0 Å². The van der Waals surface area contributed by atoms with Crippen LogP contribution in [0, 0.1) is 0 Å². The van der Waals surface area contributed by atoms with E-state index in [-0.39, 0.29) is 0 Å². The lowest BCUT2D eigenvalue weighted by Crippen LogP contribution is -1.82. The lowest BCUT2D eigenvalue weighted by Gasteiger charge is -2.04. The summed E-state index contributed by atoms with van der Waals surface area (Å²) in [5, 5.41) is 4.39. The van der Waals surface area contributed by atoms with E-state index < -0.39 is 0 Å². The van der Waals surface area contributed by atoms with Crippen molar-refractivity contribution in [1.82, 2.24) is 4.98 Å². The standard InChI is InChI=1S/C13H7Cl2N/c14-11-5-10-9-4-2-1-3-8(9)7-16-13(10)6-12(11)15/h1-7H. The summed E-state index contributed by atoms with van der Waals surface area (Å²) in [6.45, 7) is 0. The van der Waals surface area contributed by atoms with E-state index in [9.17, 15) is 0 Å². The number of halogens is 2. The van der Waals surface area contributed by atoms with Crippen LogP contribution in [0.3, 0.4) is 0 Å². The minimum Gasteiger partial charge on any atom is -0.256 e. The molecule has 0 aliphatic heterocycles. The molecule has 1 heterocycles. The zero-order chi connectivity index (χ0) is 11.1. The smallest absolute Gasteiger partial charge is 0.0724 e. The van der Waals surface area contributed by atoms with Crippen molar-refractivity contribution in [3.05, 3.63) is 52.6 Å². The molecule has 0 atom stereocenters. The Bertz CT molecular complexity index is 692. The fraction of sp³-hybridized carbons (Fsp3) is 0. The number of fused-ring (bicyclic) bond motifs is 3. The molecule has 1 nitrogen and oxygen atoms in total. The molecule has 0 amide bonds. The van der Waals surface area contributed by atoms with E-state index in [1.165, 1.54) is 0 Å². The van der Waals surface area contributed by atoms with Crippen LogP contribution in [0.1, 0.15) is 0 Å². The van der Waals surface area contributed by atoms with Gasteiger partial charge in [0.15, 0.2) is 0 Å². The molecule has 0 aliphatic rings. The molecule has 0 radical (unpaired) electrons. The van der Waals surface area contributed by atoms with E-state index in [2.05, 4.69) is 11.1 Å². The van der Waals surface area contributed by atoms with Gasteiger partial charge in [-0.25, -0.2) is 0 Å². The fourth-order valence-corrected chi connectivity index (χ4v) is 2.17. The van der Waals surface area contributed by atoms with Crippen LogP contribution in [0.5, 0.6) is 0 Å². The molecule has 0 aliphatic carbocycles. The third kappa shape index (κ3) is 1.44. The van der Waals surface area contributed by atoms with Gasteiger partial charge in [0.2, 0.25) is 0 Å². The molecule has 0 spiro atoms. The van der Waals surface area contributed by atoms with E-state index in [4.69, 9.17) is 23.2 Å². The Morgan fingerprint density at radius 3 is 2.50 bits per heavy atom. The molecule has 0 N–H and O–H groups in total. The highest BCUT2D eigenvalue weighted by molar-refractivity contribution is 6.43. The minimum atomic E-state index is 0.539. The molecular weight excluding hydrogens is 241 g/mol. The first kappa shape index (κ1) is 9.88. The summed E-state index contributed by atoms with van der Waals surface area (Å²) in [6.07, 6.45) is 1.85. The first-order chi connectivity index (χ1) is 7.75. The summed E-state index contributed by atoms with van der Waals surface area (Å²) in [6, 6.07) is 11.8. The number of pyridine rings is 1. The van der Waals surface area contributed by atoms with Crippen molar-refractivity contribution < 1.29 is 0 Å². The van der Waals surface area contributed by atoms with Gasteiger partial charge in [-0.2, -0.15) is 0 Å². The summed E-state index contributed by atoms with van der Waals surface area (Å²) in [7, 11) is 0. The van der Waals surface area contributed by atoms with Gasteiger partial charge in [-0.15, -0.1) is 0 Å². The highest BCUT2D eigenvalue weighted by Crippen LogP contribution is 2.30. The highest BCUT2D eigenvalue weighted by atomic mass is 35.5. The molecule has 3 rings (SSSR count). The second-order valence-corrected chi connectivity index (χ2v) is 4.44. The van der Waals surface area contributed by atoms with Crippen LogP contribution in [0.2, 0.25) is 10.0 Å². The second-order valence-electron chi connectivity index (χ2n) is 3.63. The van der Waals surface area contributed by atoms with Crippen molar-refractivity contribution in [1.29, 1.82) is 0 Å². The third-order valence-corrected chi connectivity index (χ3v) is 3.35. The SMILES string of the molecule is Clc1cc2ncc3ccccc3c2cc1Cl. The fourth-order valence-electron chi connectivity index (χ4n) is 1.85.